The zero-order chi connectivity index (χ0) is 13.6. The zero-order valence-electron chi connectivity index (χ0n) is 10.6. The van der Waals surface area contributed by atoms with Crippen LogP contribution in [0.3, 0.4) is 0 Å². The van der Waals surface area contributed by atoms with Crippen molar-refractivity contribution < 1.29 is 8.42 Å². The molecule has 1 aromatic rings. The molecular weight excluding hydrogens is 270 g/mol. The Bertz CT molecular complexity index is 474. The quantitative estimate of drug-likeness (QED) is 0.838. The van der Waals surface area contributed by atoms with E-state index in [0.29, 0.717) is 24.3 Å². The fraction of sp³-hybridized carbons (Fsp3) is 0.538. The van der Waals surface area contributed by atoms with E-state index in [4.69, 9.17) is 17.3 Å². The summed E-state index contributed by atoms with van der Waals surface area (Å²) in [5.41, 5.74) is 7.00. The van der Waals surface area contributed by atoms with Crippen molar-refractivity contribution in [1.29, 1.82) is 0 Å². The van der Waals surface area contributed by atoms with Crippen LogP contribution in [0.5, 0.6) is 0 Å². The third-order valence-electron chi connectivity index (χ3n) is 2.70. The number of hydrogen-bond donors (Lipinski definition) is 1. The summed E-state index contributed by atoms with van der Waals surface area (Å²) in [6, 6.07) is 7.35. The van der Waals surface area contributed by atoms with E-state index in [-0.39, 0.29) is 17.5 Å². The van der Waals surface area contributed by atoms with E-state index < -0.39 is 9.84 Å². The molecule has 0 spiro atoms. The third kappa shape index (κ3) is 5.85. The molecule has 0 amide bonds. The second-order valence-electron chi connectivity index (χ2n) is 4.53. The van der Waals surface area contributed by atoms with Gasteiger partial charge in [0.2, 0.25) is 0 Å². The Morgan fingerprint density at radius 2 is 2.06 bits per heavy atom. The molecule has 3 nitrogen and oxygen atoms in total. The molecule has 0 heterocycles. The highest BCUT2D eigenvalue weighted by molar-refractivity contribution is 7.91. The van der Waals surface area contributed by atoms with Crippen LogP contribution >= 0.6 is 11.6 Å². The Kier molecular flexibility index (Phi) is 6.12. The fourth-order valence-corrected chi connectivity index (χ4v) is 3.51. The minimum Gasteiger partial charge on any atom is -0.327 e. The van der Waals surface area contributed by atoms with Gasteiger partial charge in [-0.2, -0.15) is 0 Å². The number of benzene rings is 1. The van der Waals surface area contributed by atoms with Crippen LogP contribution in [0, 0.1) is 0 Å². The molecule has 102 valence electrons. The minimum atomic E-state index is -2.93. The summed E-state index contributed by atoms with van der Waals surface area (Å²) < 4.78 is 23.1. The van der Waals surface area contributed by atoms with E-state index in [1.54, 1.807) is 0 Å². The van der Waals surface area contributed by atoms with Crippen molar-refractivity contribution in [3.63, 3.8) is 0 Å². The van der Waals surface area contributed by atoms with E-state index in [1.165, 1.54) is 0 Å². The molecule has 5 heteroatoms. The SMILES string of the molecule is CCCS(=O)(=O)CCC(N)Cc1cccc(Cl)c1. The van der Waals surface area contributed by atoms with Crippen molar-refractivity contribution in [2.45, 2.75) is 32.2 Å². The molecule has 1 atom stereocenters. The Morgan fingerprint density at radius 3 is 2.67 bits per heavy atom. The maximum atomic E-state index is 11.6. The highest BCUT2D eigenvalue weighted by atomic mass is 35.5. The lowest BCUT2D eigenvalue weighted by Crippen LogP contribution is -2.26. The lowest BCUT2D eigenvalue weighted by atomic mass is 10.1. The van der Waals surface area contributed by atoms with Crippen molar-refractivity contribution in [2.75, 3.05) is 11.5 Å². The number of rotatable bonds is 7. The Balaban J connectivity index is 2.45. The first-order valence-corrected chi connectivity index (χ1v) is 8.33. The summed E-state index contributed by atoms with van der Waals surface area (Å²) in [6.07, 6.45) is 1.81. The van der Waals surface area contributed by atoms with E-state index in [2.05, 4.69) is 0 Å². The summed E-state index contributed by atoms with van der Waals surface area (Å²) >= 11 is 5.88. The molecule has 1 rings (SSSR count). The van der Waals surface area contributed by atoms with Crippen molar-refractivity contribution in [3.05, 3.63) is 34.9 Å². The Morgan fingerprint density at radius 1 is 1.33 bits per heavy atom. The number of halogens is 1. The molecule has 0 saturated carbocycles. The van der Waals surface area contributed by atoms with Crippen LogP contribution in [0.15, 0.2) is 24.3 Å². The minimum absolute atomic E-state index is 0.143. The van der Waals surface area contributed by atoms with Crippen LogP contribution in [0.2, 0.25) is 5.02 Å². The average Bonchev–Trinajstić information content (AvgIpc) is 2.26. The van der Waals surface area contributed by atoms with Crippen LogP contribution < -0.4 is 5.73 Å². The van der Waals surface area contributed by atoms with Crippen LogP contribution in [0.25, 0.3) is 0 Å². The summed E-state index contributed by atoms with van der Waals surface area (Å²) in [5, 5.41) is 0.679. The monoisotopic (exact) mass is 289 g/mol. The second-order valence-corrected chi connectivity index (χ2v) is 7.27. The van der Waals surface area contributed by atoms with Gasteiger partial charge in [0, 0.05) is 16.8 Å². The number of nitrogens with two attached hydrogens (primary N) is 1. The molecule has 0 radical (unpaired) electrons. The fourth-order valence-electron chi connectivity index (χ4n) is 1.81. The van der Waals surface area contributed by atoms with Gasteiger partial charge in [-0.1, -0.05) is 30.7 Å². The summed E-state index contributed by atoms with van der Waals surface area (Å²) in [5.74, 6) is 0.416. The zero-order valence-corrected chi connectivity index (χ0v) is 12.2. The predicted molar refractivity (Wildman–Crippen MR) is 76.7 cm³/mol. The van der Waals surface area contributed by atoms with Gasteiger partial charge >= 0.3 is 0 Å². The maximum Gasteiger partial charge on any atom is 0.150 e. The van der Waals surface area contributed by atoms with E-state index in [0.717, 1.165) is 5.56 Å². The first-order chi connectivity index (χ1) is 8.43. The third-order valence-corrected chi connectivity index (χ3v) is 4.82. The van der Waals surface area contributed by atoms with Crippen LogP contribution in [0.4, 0.5) is 0 Å². The van der Waals surface area contributed by atoms with E-state index in [1.807, 2.05) is 31.2 Å². The molecule has 0 bridgehead atoms. The average molecular weight is 290 g/mol. The molecule has 0 fully saturated rings. The van der Waals surface area contributed by atoms with Gasteiger partial charge in [-0.15, -0.1) is 0 Å². The largest absolute Gasteiger partial charge is 0.327 e. The van der Waals surface area contributed by atoms with Gasteiger partial charge in [-0.05, 0) is 37.0 Å². The van der Waals surface area contributed by atoms with Crippen molar-refractivity contribution in [1.82, 2.24) is 0 Å². The highest BCUT2D eigenvalue weighted by Gasteiger charge is 2.12. The second kappa shape index (κ2) is 7.12. The standard InChI is InChI=1S/C13H20ClNO2S/c1-2-7-18(16,17)8-6-13(15)10-11-4-3-5-12(14)9-11/h3-5,9,13H,2,6-8,10,15H2,1H3. The molecule has 1 aromatic carbocycles. The van der Waals surface area contributed by atoms with Gasteiger partial charge in [0.15, 0.2) is 0 Å². The molecular formula is C13H20ClNO2S. The van der Waals surface area contributed by atoms with Gasteiger partial charge in [0.25, 0.3) is 0 Å². The smallest absolute Gasteiger partial charge is 0.150 e. The molecule has 2 N–H and O–H groups in total. The van der Waals surface area contributed by atoms with Gasteiger partial charge in [0.05, 0.1) is 5.75 Å². The summed E-state index contributed by atoms with van der Waals surface area (Å²) in [6.45, 7) is 1.86. The van der Waals surface area contributed by atoms with Crippen LogP contribution in [0.1, 0.15) is 25.3 Å². The molecule has 0 aliphatic heterocycles. The van der Waals surface area contributed by atoms with E-state index >= 15 is 0 Å². The topological polar surface area (TPSA) is 60.2 Å². The molecule has 0 aliphatic carbocycles. The molecule has 1 unspecified atom stereocenters. The first-order valence-electron chi connectivity index (χ1n) is 6.13. The number of hydrogen-bond acceptors (Lipinski definition) is 3. The normalized spacial score (nSPS) is 13.5. The molecule has 0 aromatic heterocycles. The van der Waals surface area contributed by atoms with Gasteiger partial charge in [0.1, 0.15) is 9.84 Å². The van der Waals surface area contributed by atoms with Crippen molar-refractivity contribution in [3.8, 4) is 0 Å². The lowest BCUT2D eigenvalue weighted by Gasteiger charge is -2.12. The molecule has 18 heavy (non-hydrogen) atoms. The van der Waals surface area contributed by atoms with E-state index in [9.17, 15) is 8.42 Å². The highest BCUT2D eigenvalue weighted by Crippen LogP contribution is 2.13. The Labute approximate surface area is 114 Å². The number of sulfone groups is 1. The van der Waals surface area contributed by atoms with Crippen molar-refractivity contribution >= 4 is 21.4 Å². The first kappa shape index (κ1) is 15.5. The molecule has 0 saturated heterocycles. The van der Waals surface area contributed by atoms with Gasteiger partial charge < -0.3 is 5.73 Å². The summed E-state index contributed by atoms with van der Waals surface area (Å²) in [4.78, 5) is 0. The van der Waals surface area contributed by atoms with Gasteiger partial charge in [-0.3, -0.25) is 0 Å². The molecule has 0 aliphatic rings. The summed E-state index contributed by atoms with van der Waals surface area (Å²) in [7, 11) is -2.93. The van der Waals surface area contributed by atoms with Crippen LogP contribution in [-0.2, 0) is 16.3 Å². The maximum absolute atomic E-state index is 11.6. The van der Waals surface area contributed by atoms with Crippen LogP contribution in [-0.4, -0.2) is 26.0 Å². The predicted octanol–water partition coefficient (Wildman–Crippen LogP) is 2.42. The Hall–Kier alpha value is -0.580. The van der Waals surface area contributed by atoms with Crippen molar-refractivity contribution in [2.24, 2.45) is 5.73 Å². The van der Waals surface area contributed by atoms with Gasteiger partial charge in [-0.25, -0.2) is 8.42 Å². The lowest BCUT2D eigenvalue weighted by molar-refractivity contribution is 0.579.